The summed E-state index contributed by atoms with van der Waals surface area (Å²) in [6, 6.07) is 10.9. The van der Waals surface area contributed by atoms with Crippen LogP contribution in [-0.4, -0.2) is 25.1 Å². The van der Waals surface area contributed by atoms with Crippen LogP contribution in [0.3, 0.4) is 0 Å². The molecule has 0 saturated heterocycles. The molecule has 0 aliphatic heterocycles. The van der Waals surface area contributed by atoms with Crippen LogP contribution >= 0.6 is 0 Å². The molecule has 0 atom stereocenters. The largest absolute Gasteiger partial charge is 0.325 e. The van der Waals surface area contributed by atoms with Crippen LogP contribution < -0.4 is 0 Å². The molecule has 0 bridgehead atoms. The van der Waals surface area contributed by atoms with E-state index in [1.165, 1.54) is 128 Å². The second-order valence-corrected chi connectivity index (χ2v) is 10.7. The first kappa shape index (κ1) is 29.0. The molecule has 184 valence electrons. The van der Waals surface area contributed by atoms with Crippen LogP contribution in [0.5, 0.6) is 0 Å². The Hall–Kier alpha value is -1.08. The predicted octanol–water partition coefficient (Wildman–Crippen LogP) is 9.86. The zero-order valence-electron chi connectivity index (χ0n) is 22.1. The number of allylic oxidation sites excluding steroid dienone is 2. The number of hydrogen-bond donors (Lipinski definition) is 0. The van der Waals surface area contributed by atoms with Gasteiger partial charge < -0.3 is 4.48 Å². The molecule has 0 saturated carbocycles. The van der Waals surface area contributed by atoms with Crippen LogP contribution in [0.2, 0.25) is 0 Å². The van der Waals surface area contributed by atoms with E-state index < -0.39 is 0 Å². The van der Waals surface area contributed by atoms with Crippen molar-refractivity contribution in [2.45, 2.75) is 129 Å². The second-order valence-electron chi connectivity index (χ2n) is 10.7. The molecule has 0 heterocycles. The lowest BCUT2D eigenvalue weighted by Crippen LogP contribution is -2.39. The highest BCUT2D eigenvalue weighted by Crippen LogP contribution is 2.14. The van der Waals surface area contributed by atoms with E-state index in [1.807, 2.05) is 0 Å². The molecule has 0 radical (unpaired) electrons. The molecule has 0 spiro atoms. The third-order valence-corrected chi connectivity index (χ3v) is 6.73. The van der Waals surface area contributed by atoms with Crippen molar-refractivity contribution in [3.8, 4) is 0 Å². The first-order chi connectivity index (χ1) is 15.6. The zero-order chi connectivity index (χ0) is 23.2. The molecule has 0 amide bonds. The van der Waals surface area contributed by atoms with Crippen LogP contribution in [-0.2, 0) is 6.54 Å². The fourth-order valence-corrected chi connectivity index (χ4v) is 4.65. The van der Waals surface area contributed by atoms with E-state index in [1.54, 1.807) is 0 Å². The lowest BCUT2D eigenvalue weighted by molar-refractivity contribution is -0.903. The highest BCUT2D eigenvalue weighted by atomic mass is 15.3. The Bertz CT molecular complexity index is 531. The molecule has 32 heavy (non-hydrogen) atoms. The monoisotopic (exact) mass is 442 g/mol. The highest BCUT2D eigenvalue weighted by molar-refractivity contribution is 5.13. The Labute approximate surface area is 202 Å². The fourth-order valence-electron chi connectivity index (χ4n) is 4.65. The van der Waals surface area contributed by atoms with Crippen molar-refractivity contribution in [1.82, 2.24) is 0 Å². The van der Waals surface area contributed by atoms with Crippen LogP contribution in [0.1, 0.15) is 128 Å². The van der Waals surface area contributed by atoms with E-state index in [2.05, 4.69) is 63.5 Å². The lowest BCUT2D eigenvalue weighted by Gasteiger charge is -2.30. The Balaban J connectivity index is 1.80. The van der Waals surface area contributed by atoms with Gasteiger partial charge in [0.2, 0.25) is 0 Å². The summed E-state index contributed by atoms with van der Waals surface area (Å²) >= 11 is 0. The van der Waals surface area contributed by atoms with Gasteiger partial charge >= 0.3 is 0 Å². The Morgan fingerprint density at radius 2 is 1.00 bits per heavy atom. The molecule has 1 heteroatoms. The molecule has 0 unspecified atom stereocenters. The zero-order valence-corrected chi connectivity index (χ0v) is 22.1. The number of nitrogens with zero attached hydrogens (tertiary/aromatic N) is 1. The van der Waals surface area contributed by atoms with Crippen molar-refractivity contribution in [2.24, 2.45) is 0 Å². The van der Waals surface area contributed by atoms with Gasteiger partial charge in [0.15, 0.2) is 0 Å². The maximum Gasteiger partial charge on any atom is 0.104 e. The molecule has 0 aromatic heterocycles. The Morgan fingerprint density at radius 1 is 0.562 bits per heavy atom. The van der Waals surface area contributed by atoms with Gasteiger partial charge in [0.1, 0.15) is 6.54 Å². The number of hydrogen-bond acceptors (Lipinski definition) is 0. The van der Waals surface area contributed by atoms with Crippen molar-refractivity contribution in [1.29, 1.82) is 0 Å². The average molecular weight is 443 g/mol. The highest BCUT2D eigenvalue weighted by Gasteiger charge is 2.14. The topological polar surface area (TPSA) is 0 Å². The standard InChI is InChI=1S/C31H56N/c1-4-5-6-7-8-9-10-11-12-13-14-15-16-17-18-19-20-21-22-26-29-32(2,3)30-31-27-24-23-25-28-31/h11-12,23-25,27-28H,4-10,13-22,26,29-30H2,1-3H3/q+1. The van der Waals surface area contributed by atoms with Gasteiger partial charge in [-0.05, 0) is 38.5 Å². The molecule has 0 N–H and O–H groups in total. The molecule has 1 aromatic rings. The minimum Gasteiger partial charge on any atom is -0.325 e. The van der Waals surface area contributed by atoms with Gasteiger partial charge in [-0.3, -0.25) is 0 Å². The molecule has 1 rings (SSSR count). The van der Waals surface area contributed by atoms with Crippen molar-refractivity contribution in [2.75, 3.05) is 20.6 Å². The van der Waals surface area contributed by atoms with E-state index in [0.29, 0.717) is 0 Å². The second kappa shape index (κ2) is 20.5. The molecule has 0 fully saturated rings. The van der Waals surface area contributed by atoms with Crippen LogP contribution in [0, 0.1) is 0 Å². The van der Waals surface area contributed by atoms with Gasteiger partial charge in [-0.2, -0.15) is 0 Å². The first-order valence-electron chi connectivity index (χ1n) is 14.1. The average Bonchev–Trinajstić information content (AvgIpc) is 2.78. The summed E-state index contributed by atoms with van der Waals surface area (Å²) < 4.78 is 1.11. The van der Waals surface area contributed by atoms with Crippen LogP contribution in [0.4, 0.5) is 0 Å². The minimum absolute atomic E-state index is 1.11. The van der Waals surface area contributed by atoms with Crippen molar-refractivity contribution in [3.63, 3.8) is 0 Å². The third kappa shape index (κ3) is 18.5. The summed E-state index contributed by atoms with van der Waals surface area (Å²) in [6.07, 6.45) is 30.2. The summed E-state index contributed by atoms with van der Waals surface area (Å²) in [5, 5.41) is 0. The number of quaternary nitrogens is 1. The van der Waals surface area contributed by atoms with E-state index >= 15 is 0 Å². The normalized spacial score (nSPS) is 12.1. The van der Waals surface area contributed by atoms with Crippen molar-refractivity contribution in [3.05, 3.63) is 48.0 Å². The molecule has 1 nitrogen and oxygen atoms in total. The van der Waals surface area contributed by atoms with Gasteiger partial charge in [0.05, 0.1) is 20.6 Å². The lowest BCUT2D eigenvalue weighted by atomic mass is 10.0. The maximum absolute atomic E-state index is 2.44. The van der Waals surface area contributed by atoms with Crippen LogP contribution in [0.15, 0.2) is 42.5 Å². The predicted molar refractivity (Wildman–Crippen MR) is 145 cm³/mol. The summed E-state index contributed by atoms with van der Waals surface area (Å²) in [6.45, 7) is 4.73. The van der Waals surface area contributed by atoms with Gasteiger partial charge in [-0.25, -0.2) is 0 Å². The first-order valence-corrected chi connectivity index (χ1v) is 14.1. The fraction of sp³-hybridized carbons (Fsp3) is 0.742. The van der Waals surface area contributed by atoms with E-state index in [0.717, 1.165) is 11.0 Å². The van der Waals surface area contributed by atoms with Crippen LogP contribution in [0.25, 0.3) is 0 Å². The quantitative estimate of drug-likeness (QED) is 0.0951. The van der Waals surface area contributed by atoms with Crippen molar-refractivity contribution < 1.29 is 4.48 Å². The van der Waals surface area contributed by atoms with E-state index in [9.17, 15) is 0 Å². The van der Waals surface area contributed by atoms with Gasteiger partial charge in [0, 0.05) is 5.56 Å². The van der Waals surface area contributed by atoms with Gasteiger partial charge in [-0.1, -0.05) is 126 Å². The maximum atomic E-state index is 2.44. The Kier molecular flexibility index (Phi) is 18.6. The van der Waals surface area contributed by atoms with Gasteiger partial charge in [-0.15, -0.1) is 0 Å². The van der Waals surface area contributed by atoms with E-state index in [-0.39, 0.29) is 0 Å². The Morgan fingerprint density at radius 3 is 1.50 bits per heavy atom. The molecular formula is C31H56N+. The van der Waals surface area contributed by atoms with Gasteiger partial charge in [0.25, 0.3) is 0 Å². The molecule has 0 aliphatic carbocycles. The molecule has 1 aromatic carbocycles. The number of benzene rings is 1. The van der Waals surface area contributed by atoms with Crippen molar-refractivity contribution >= 4 is 0 Å². The summed E-state index contributed by atoms with van der Waals surface area (Å²) in [5.41, 5.74) is 1.46. The number of unbranched alkanes of at least 4 members (excludes halogenated alkanes) is 16. The smallest absolute Gasteiger partial charge is 0.104 e. The number of rotatable bonds is 22. The summed E-state index contributed by atoms with van der Waals surface area (Å²) in [5.74, 6) is 0. The summed E-state index contributed by atoms with van der Waals surface area (Å²) in [7, 11) is 4.75. The van der Waals surface area contributed by atoms with E-state index in [4.69, 9.17) is 0 Å². The third-order valence-electron chi connectivity index (χ3n) is 6.73. The molecule has 0 aliphatic rings. The molecular weight excluding hydrogens is 386 g/mol. The summed E-state index contributed by atoms with van der Waals surface area (Å²) in [4.78, 5) is 0. The SMILES string of the molecule is CCCCCCCCC=CCCCCCCCCCCCC[N+](C)(C)Cc1ccccc1. The minimum atomic E-state index is 1.11.